The van der Waals surface area contributed by atoms with Crippen LogP contribution in [-0.2, 0) is 4.74 Å². The normalized spacial score (nSPS) is 25.7. The lowest BCUT2D eigenvalue weighted by atomic mass is 9.93. The molecule has 3 atom stereocenters. The molecule has 164 valence electrons. The van der Waals surface area contributed by atoms with Crippen LogP contribution in [0.3, 0.4) is 0 Å². The maximum Gasteiger partial charge on any atom is 0.340 e. The lowest BCUT2D eigenvalue weighted by Gasteiger charge is -2.41. The van der Waals surface area contributed by atoms with Crippen LogP contribution in [0.25, 0.3) is 5.69 Å². The van der Waals surface area contributed by atoms with Gasteiger partial charge in [0.25, 0.3) is 5.56 Å². The first kappa shape index (κ1) is 20.5. The van der Waals surface area contributed by atoms with E-state index in [0.717, 1.165) is 44.1 Å². The second-order valence-electron chi connectivity index (χ2n) is 8.83. The third-order valence-electron chi connectivity index (χ3n) is 7.26. The minimum Gasteiger partial charge on any atom is -0.465 e. The van der Waals surface area contributed by atoms with Crippen molar-refractivity contribution in [1.29, 1.82) is 0 Å². The first-order chi connectivity index (χ1) is 15.1. The fraction of sp³-hybridized carbons (Fsp3) is 0.522. The molecule has 0 N–H and O–H groups in total. The molecule has 1 saturated heterocycles. The molecular formula is C23H27ClN4O3. The molecule has 3 aliphatic rings. The van der Waals surface area contributed by atoms with Gasteiger partial charge in [-0.15, -0.1) is 0 Å². The van der Waals surface area contributed by atoms with E-state index in [1.807, 2.05) is 0 Å². The van der Waals surface area contributed by atoms with Crippen molar-refractivity contribution in [2.45, 2.75) is 31.7 Å². The van der Waals surface area contributed by atoms with Gasteiger partial charge in [-0.3, -0.25) is 9.69 Å². The summed E-state index contributed by atoms with van der Waals surface area (Å²) >= 11 is 6.52. The van der Waals surface area contributed by atoms with E-state index in [4.69, 9.17) is 16.3 Å². The van der Waals surface area contributed by atoms with Crippen LogP contribution in [0.4, 0.5) is 5.69 Å². The van der Waals surface area contributed by atoms with E-state index < -0.39 is 11.5 Å². The van der Waals surface area contributed by atoms with E-state index in [9.17, 15) is 9.59 Å². The zero-order valence-electron chi connectivity index (χ0n) is 17.7. The molecule has 7 nitrogen and oxygen atoms in total. The highest BCUT2D eigenvalue weighted by atomic mass is 35.5. The molecule has 1 aromatic heterocycles. The fourth-order valence-electron chi connectivity index (χ4n) is 5.71. The Morgan fingerprint density at radius 1 is 1.10 bits per heavy atom. The van der Waals surface area contributed by atoms with Crippen molar-refractivity contribution < 1.29 is 9.53 Å². The Morgan fingerprint density at radius 2 is 1.87 bits per heavy atom. The van der Waals surface area contributed by atoms with Gasteiger partial charge in [-0.1, -0.05) is 30.2 Å². The van der Waals surface area contributed by atoms with Gasteiger partial charge in [0.1, 0.15) is 5.02 Å². The number of para-hydroxylation sites is 1. The minimum atomic E-state index is -0.527. The van der Waals surface area contributed by atoms with Crippen LogP contribution in [0.1, 0.15) is 36.0 Å². The molecule has 2 aliphatic carbocycles. The Balaban J connectivity index is 1.35. The molecule has 8 heteroatoms. The van der Waals surface area contributed by atoms with E-state index in [2.05, 4.69) is 14.9 Å². The number of benzene rings is 1. The Bertz CT molecular complexity index is 1050. The summed E-state index contributed by atoms with van der Waals surface area (Å²) in [5, 5.41) is 4.47. The lowest BCUT2D eigenvalue weighted by Crippen LogP contribution is -2.52. The number of esters is 1. The first-order valence-corrected chi connectivity index (χ1v) is 11.4. The van der Waals surface area contributed by atoms with Crippen LogP contribution in [0.15, 0.2) is 35.3 Å². The SMILES string of the molecule is COC(=O)c1ccccc1-n1ncc(N2CCN(C3CC4CCC3C4)CC2)c(Cl)c1=O. The molecule has 2 saturated carbocycles. The minimum absolute atomic E-state index is 0.128. The molecule has 0 spiro atoms. The summed E-state index contributed by atoms with van der Waals surface area (Å²) in [4.78, 5) is 29.9. The number of nitrogens with zero attached hydrogens (tertiary/aromatic N) is 4. The third kappa shape index (κ3) is 3.64. The highest BCUT2D eigenvalue weighted by molar-refractivity contribution is 6.33. The van der Waals surface area contributed by atoms with Crippen molar-refractivity contribution in [2.24, 2.45) is 11.8 Å². The van der Waals surface area contributed by atoms with E-state index in [1.54, 1.807) is 30.5 Å². The summed E-state index contributed by atoms with van der Waals surface area (Å²) < 4.78 is 6.00. The van der Waals surface area contributed by atoms with Crippen LogP contribution < -0.4 is 10.5 Å². The lowest BCUT2D eigenvalue weighted by molar-refractivity contribution is 0.0600. The smallest absolute Gasteiger partial charge is 0.340 e. The van der Waals surface area contributed by atoms with Crippen molar-refractivity contribution in [3.63, 3.8) is 0 Å². The van der Waals surface area contributed by atoms with Crippen LogP contribution in [0, 0.1) is 11.8 Å². The number of aromatic nitrogens is 2. The standard InChI is InChI=1S/C23H27ClN4O3/c1-31-23(30)17-4-2-3-5-18(17)28-22(29)21(24)20(14-25-28)27-10-8-26(9-11-27)19-13-15-6-7-16(19)12-15/h2-5,14-16,19H,6-13H2,1H3. The molecule has 0 amide bonds. The summed E-state index contributed by atoms with van der Waals surface area (Å²) in [6, 6.07) is 7.45. The van der Waals surface area contributed by atoms with Crippen LogP contribution >= 0.6 is 11.6 Å². The van der Waals surface area contributed by atoms with Crippen molar-refractivity contribution in [3.05, 3.63) is 51.4 Å². The van der Waals surface area contributed by atoms with Gasteiger partial charge < -0.3 is 9.64 Å². The number of piperazine rings is 1. The van der Waals surface area contributed by atoms with E-state index in [-0.39, 0.29) is 10.6 Å². The molecule has 0 radical (unpaired) electrons. The zero-order valence-corrected chi connectivity index (χ0v) is 18.4. The molecule has 1 aliphatic heterocycles. The number of hydrogen-bond donors (Lipinski definition) is 0. The number of methoxy groups -OCH3 is 1. The third-order valence-corrected chi connectivity index (χ3v) is 7.62. The maximum absolute atomic E-state index is 13.0. The van der Waals surface area contributed by atoms with Crippen molar-refractivity contribution in [2.75, 3.05) is 38.2 Å². The Kier molecular flexibility index (Phi) is 5.48. The molecule has 3 fully saturated rings. The first-order valence-electron chi connectivity index (χ1n) is 11.0. The summed E-state index contributed by atoms with van der Waals surface area (Å²) in [6.07, 6.45) is 7.19. The number of anilines is 1. The monoisotopic (exact) mass is 442 g/mol. The van der Waals surface area contributed by atoms with E-state index in [0.29, 0.717) is 11.4 Å². The van der Waals surface area contributed by atoms with Crippen molar-refractivity contribution in [1.82, 2.24) is 14.7 Å². The number of rotatable bonds is 4. The molecule has 2 bridgehead atoms. The van der Waals surface area contributed by atoms with Crippen LogP contribution in [0.2, 0.25) is 5.02 Å². The van der Waals surface area contributed by atoms with Gasteiger partial charge in [-0.05, 0) is 43.2 Å². The Labute approximate surface area is 186 Å². The van der Waals surface area contributed by atoms with E-state index >= 15 is 0 Å². The van der Waals surface area contributed by atoms with Gasteiger partial charge in [0.15, 0.2) is 0 Å². The van der Waals surface area contributed by atoms with Gasteiger partial charge in [-0.2, -0.15) is 9.78 Å². The number of carbonyl (C=O) groups is 1. The number of halogens is 1. The quantitative estimate of drug-likeness (QED) is 0.678. The largest absolute Gasteiger partial charge is 0.465 e. The van der Waals surface area contributed by atoms with Gasteiger partial charge in [0.2, 0.25) is 0 Å². The second kappa shape index (κ2) is 8.28. The molecule has 1 aromatic carbocycles. The highest BCUT2D eigenvalue weighted by Gasteiger charge is 2.42. The maximum atomic E-state index is 13.0. The predicted molar refractivity (Wildman–Crippen MR) is 119 cm³/mol. The topological polar surface area (TPSA) is 67.7 Å². The van der Waals surface area contributed by atoms with Gasteiger partial charge in [0, 0.05) is 32.2 Å². The summed E-state index contributed by atoms with van der Waals surface area (Å²) in [7, 11) is 1.31. The average Bonchev–Trinajstić information content (AvgIpc) is 3.44. The van der Waals surface area contributed by atoms with E-state index in [1.165, 1.54) is 37.5 Å². The number of ether oxygens (including phenoxy) is 1. The van der Waals surface area contributed by atoms with Crippen molar-refractivity contribution >= 4 is 23.3 Å². The van der Waals surface area contributed by atoms with Crippen molar-refractivity contribution in [3.8, 4) is 5.69 Å². The average molecular weight is 443 g/mol. The summed E-state index contributed by atoms with van der Waals surface area (Å²) in [5.74, 6) is 1.29. The second-order valence-corrected chi connectivity index (χ2v) is 9.21. The summed E-state index contributed by atoms with van der Waals surface area (Å²) in [5.41, 5.74) is 0.842. The Morgan fingerprint density at radius 3 is 2.55 bits per heavy atom. The number of carbonyl (C=O) groups excluding carboxylic acids is 1. The van der Waals surface area contributed by atoms with Gasteiger partial charge in [-0.25, -0.2) is 4.79 Å². The predicted octanol–water partition coefficient (Wildman–Crippen LogP) is 2.98. The molecule has 31 heavy (non-hydrogen) atoms. The number of hydrogen-bond acceptors (Lipinski definition) is 6. The fourth-order valence-corrected chi connectivity index (χ4v) is 5.96. The molecule has 3 unspecified atom stereocenters. The zero-order chi connectivity index (χ0) is 21.5. The molecule has 2 heterocycles. The summed E-state index contributed by atoms with van der Waals surface area (Å²) in [6.45, 7) is 3.63. The van der Waals surface area contributed by atoms with Crippen LogP contribution in [-0.4, -0.2) is 60.0 Å². The molecular weight excluding hydrogens is 416 g/mol. The number of fused-ring (bicyclic) bond motifs is 2. The van der Waals surface area contributed by atoms with Gasteiger partial charge in [0.05, 0.1) is 30.2 Å². The Hall–Kier alpha value is -2.38. The molecule has 5 rings (SSSR count). The highest BCUT2D eigenvalue weighted by Crippen LogP contribution is 2.46. The molecule has 2 aromatic rings. The van der Waals surface area contributed by atoms with Gasteiger partial charge >= 0.3 is 5.97 Å². The van der Waals surface area contributed by atoms with Crippen LogP contribution in [0.5, 0.6) is 0 Å².